The molecular formula is C14H13ClFNO3S. The Hall–Kier alpha value is -1.63. The summed E-state index contributed by atoms with van der Waals surface area (Å²) in [6, 6.07) is 11.8. The maximum absolute atomic E-state index is 12.8. The monoisotopic (exact) mass is 329 g/mol. The number of benzene rings is 2. The maximum atomic E-state index is 12.8. The van der Waals surface area contributed by atoms with Crippen LogP contribution in [0.2, 0.25) is 5.02 Å². The third-order valence-electron chi connectivity index (χ3n) is 2.60. The van der Waals surface area contributed by atoms with Gasteiger partial charge in [-0.1, -0.05) is 29.8 Å². The van der Waals surface area contributed by atoms with Crippen LogP contribution in [0.4, 0.5) is 4.39 Å². The Morgan fingerprint density at radius 2 is 1.86 bits per heavy atom. The molecule has 0 radical (unpaired) electrons. The number of ether oxygens (including phenoxy) is 1. The molecule has 0 spiro atoms. The fraction of sp³-hybridized carbons (Fsp3) is 0.143. The first kappa shape index (κ1) is 15.8. The highest BCUT2D eigenvalue weighted by Crippen LogP contribution is 2.24. The van der Waals surface area contributed by atoms with E-state index in [1.807, 2.05) is 0 Å². The molecule has 0 fully saturated rings. The number of hydrogen-bond acceptors (Lipinski definition) is 3. The number of rotatable bonds is 6. The molecule has 0 aliphatic heterocycles. The van der Waals surface area contributed by atoms with Gasteiger partial charge in [0.2, 0.25) is 10.0 Å². The van der Waals surface area contributed by atoms with Gasteiger partial charge in [0.1, 0.15) is 18.2 Å². The molecule has 0 saturated carbocycles. The minimum Gasteiger partial charge on any atom is -0.491 e. The van der Waals surface area contributed by atoms with Crippen molar-refractivity contribution in [1.29, 1.82) is 0 Å². The van der Waals surface area contributed by atoms with Crippen LogP contribution in [0.5, 0.6) is 5.75 Å². The van der Waals surface area contributed by atoms with Crippen molar-refractivity contribution in [2.24, 2.45) is 0 Å². The van der Waals surface area contributed by atoms with Crippen LogP contribution < -0.4 is 9.46 Å². The molecular weight excluding hydrogens is 317 g/mol. The molecule has 2 aromatic carbocycles. The summed E-state index contributed by atoms with van der Waals surface area (Å²) < 4.78 is 44.4. The number of halogens is 2. The predicted octanol–water partition coefficient (Wildman–Crippen LogP) is 2.84. The minimum atomic E-state index is -3.55. The summed E-state index contributed by atoms with van der Waals surface area (Å²) in [5.41, 5.74) is 0. The van der Waals surface area contributed by atoms with Crippen LogP contribution in [0, 0.1) is 5.82 Å². The molecule has 0 saturated heterocycles. The van der Waals surface area contributed by atoms with E-state index in [1.165, 1.54) is 24.3 Å². The molecule has 7 heteroatoms. The van der Waals surface area contributed by atoms with E-state index < -0.39 is 15.8 Å². The van der Waals surface area contributed by atoms with Gasteiger partial charge in [-0.2, -0.15) is 0 Å². The van der Waals surface area contributed by atoms with Gasteiger partial charge in [0, 0.05) is 6.54 Å². The smallest absolute Gasteiger partial charge is 0.240 e. The number of nitrogens with one attached hydrogen (secondary N) is 1. The molecule has 21 heavy (non-hydrogen) atoms. The minimum absolute atomic E-state index is 0.0743. The van der Waals surface area contributed by atoms with Crippen molar-refractivity contribution in [1.82, 2.24) is 4.72 Å². The SMILES string of the molecule is O=S(=O)(NCCOc1ccc(F)cc1Cl)c1ccccc1. The molecule has 0 aliphatic rings. The summed E-state index contributed by atoms with van der Waals surface area (Å²) >= 11 is 5.79. The van der Waals surface area contributed by atoms with Gasteiger partial charge in [-0.3, -0.25) is 0 Å². The summed E-state index contributed by atoms with van der Waals surface area (Å²) in [5.74, 6) is -0.158. The topological polar surface area (TPSA) is 55.4 Å². The fourth-order valence-corrected chi connectivity index (χ4v) is 2.87. The Labute approximate surface area is 127 Å². The Balaban J connectivity index is 1.87. The zero-order chi connectivity index (χ0) is 15.3. The van der Waals surface area contributed by atoms with Crippen LogP contribution in [0.1, 0.15) is 0 Å². The van der Waals surface area contributed by atoms with Gasteiger partial charge in [-0.15, -0.1) is 0 Å². The lowest BCUT2D eigenvalue weighted by atomic mass is 10.3. The average Bonchev–Trinajstić information content (AvgIpc) is 2.46. The maximum Gasteiger partial charge on any atom is 0.240 e. The van der Waals surface area contributed by atoms with Gasteiger partial charge in [-0.25, -0.2) is 17.5 Å². The molecule has 2 rings (SSSR count). The largest absolute Gasteiger partial charge is 0.491 e. The van der Waals surface area contributed by atoms with Crippen molar-refractivity contribution in [3.05, 3.63) is 59.4 Å². The van der Waals surface area contributed by atoms with Crippen LogP contribution in [-0.4, -0.2) is 21.6 Å². The Morgan fingerprint density at radius 3 is 2.52 bits per heavy atom. The molecule has 0 atom stereocenters. The Morgan fingerprint density at radius 1 is 1.14 bits per heavy atom. The summed E-state index contributed by atoms with van der Waals surface area (Å²) in [7, 11) is -3.55. The lowest BCUT2D eigenvalue weighted by Crippen LogP contribution is -2.28. The molecule has 0 bridgehead atoms. The fourth-order valence-electron chi connectivity index (χ4n) is 1.61. The van der Waals surface area contributed by atoms with Crippen LogP contribution in [0.25, 0.3) is 0 Å². The second-order valence-electron chi connectivity index (χ2n) is 4.13. The first-order valence-electron chi connectivity index (χ1n) is 6.11. The lowest BCUT2D eigenvalue weighted by Gasteiger charge is -2.09. The first-order chi connectivity index (χ1) is 9.99. The van der Waals surface area contributed by atoms with E-state index in [-0.39, 0.29) is 23.1 Å². The molecule has 4 nitrogen and oxygen atoms in total. The quantitative estimate of drug-likeness (QED) is 0.829. The van der Waals surface area contributed by atoms with Gasteiger partial charge in [0.25, 0.3) is 0 Å². The third-order valence-corrected chi connectivity index (χ3v) is 4.37. The molecule has 1 N–H and O–H groups in total. The van der Waals surface area contributed by atoms with E-state index in [1.54, 1.807) is 18.2 Å². The third kappa shape index (κ3) is 4.42. The van der Waals surface area contributed by atoms with Crippen molar-refractivity contribution in [3.63, 3.8) is 0 Å². The zero-order valence-corrected chi connectivity index (χ0v) is 12.5. The van der Waals surface area contributed by atoms with E-state index in [4.69, 9.17) is 16.3 Å². The first-order valence-corrected chi connectivity index (χ1v) is 7.98. The highest BCUT2D eigenvalue weighted by molar-refractivity contribution is 7.89. The standard InChI is InChI=1S/C14H13ClFNO3S/c15-13-10-11(16)6-7-14(13)20-9-8-17-21(18,19)12-4-2-1-3-5-12/h1-7,10,17H,8-9H2. The normalized spacial score (nSPS) is 11.3. The van der Waals surface area contributed by atoms with Crippen molar-refractivity contribution < 1.29 is 17.5 Å². The van der Waals surface area contributed by atoms with E-state index >= 15 is 0 Å². The zero-order valence-electron chi connectivity index (χ0n) is 10.9. The summed E-state index contributed by atoms with van der Waals surface area (Å²) in [5, 5.41) is 0.140. The van der Waals surface area contributed by atoms with Gasteiger partial charge >= 0.3 is 0 Å². The molecule has 0 aromatic heterocycles. The number of hydrogen-bond donors (Lipinski definition) is 1. The molecule has 0 unspecified atom stereocenters. The van der Waals surface area contributed by atoms with E-state index in [0.29, 0.717) is 5.75 Å². The molecule has 112 valence electrons. The Bertz CT molecular complexity index is 707. The number of sulfonamides is 1. The summed E-state index contributed by atoms with van der Waals surface area (Å²) in [4.78, 5) is 0.185. The van der Waals surface area contributed by atoms with Crippen LogP contribution in [-0.2, 0) is 10.0 Å². The van der Waals surface area contributed by atoms with Crippen molar-refractivity contribution in [2.75, 3.05) is 13.2 Å². The summed E-state index contributed by atoms with van der Waals surface area (Å²) in [6.07, 6.45) is 0. The van der Waals surface area contributed by atoms with Gasteiger partial charge in [0.05, 0.1) is 9.92 Å². The van der Waals surface area contributed by atoms with Crippen molar-refractivity contribution >= 4 is 21.6 Å². The van der Waals surface area contributed by atoms with E-state index in [9.17, 15) is 12.8 Å². The second kappa shape index (κ2) is 6.89. The lowest BCUT2D eigenvalue weighted by molar-refractivity contribution is 0.322. The van der Waals surface area contributed by atoms with Crippen LogP contribution >= 0.6 is 11.6 Å². The summed E-state index contributed by atoms with van der Waals surface area (Å²) in [6.45, 7) is 0.155. The molecule has 2 aromatic rings. The van der Waals surface area contributed by atoms with Crippen LogP contribution in [0.15, 0.2) is 53.4 Å². The highest BCUT2D eigenvalue weighted by Gasteiger charge is 2.12. The van der Waals surface area contributed by atoms with Gasteiger partial charge in [-0.05, 0) is 30.3 Å². The van der Waals surface area contributed by atoms with Crippen LogP contribution in [0.3, 0.4) is 0 Å². The van der Waals surface area contributed by atoms with Gasteiger partial charge < -0.3 is 4.74 Å². The molecule has 0 heterocycles. The highest BCUT2D eigenvalue weighted by atomic mass is 35.5. The average molecular weight is 330 g/mol. The van der Waals surface area contributed by atoms with Crippen molar-refractivity contribution in [2.45, 2.75) is 4.90 Å². The van der Waals surface area contributed by atoms with E-state index in [2.05, 4.69) is 4.72 Å². The Kier molecular flexibility index (Phi) is 5.17. The molecule has 0 aliphatic carbocycles. The molecule has 0 amide bonds. The van der Waals surface area contributed by atoms with E-state index in [0.717, 1.165) is 6.07 Å². The van der Waals surface area contributed by atoms with Gasteiger partial charge in [0.15, 0.2) is 0 Å². The van der Waals surface area contributed by atoms with Crippen molar-refractivity contribution in [3.8, 4) is 5.75 Å². The second-order valence-corrected chi connectivity index (χ2v) is 6.31. The predicted molar refractivity (Wildman–Crippen MR) is 78.5 cm³/mol.